The second kappa shape index (κ2) is 6.27. The van der Waals surface area contributed by atoms with Crippen molar-refractivity contribution in [2.45, 2.75) is 32.1 Å². The molecule has 0 saturated heterocycles. The standard InChI is InChI=1S/C16H20O4/c17-14(10-18-9-12-4-2-1-3-5-12)13-6-7-15-16(8-13)20-11-19-15/h6-8,12H,1-5,9-11H2. The maximum atomic E-state index is 12.1. The van der Waals surface area contributed by atoms with E-state index in [9.17, 15) is 4.79 Å². The Balaban J connectivity index is 1.49. The summed E-state index contributed by atoms with van der Waals surface area (Å²) in [6.07, 6.45) is 6.40. The summed E-state index contributed by atoms with van der Waals surface area (Å²) in [4.78, 5) is 12.1. The van der Waals surface area contributed by atoms with Gasteiger partial charge in [-0.2, -0.15) is 0 Å². The maximum absolute atomic E-state index is 12.1. The van der Waals surface area contributed by atoms with Crippen LogP contribution in [-0.4, -0.2) is 25.8 Å². The molecule has 0 bridgehead atoms. The Morgan fingerprint density at radius 1 is 1.15 bits per heavy atom. The van der Waals surface area contributed by atoms with Gasteiger partial charge in [0.05, 0.1) is 6.61 Å². The number of hydrogen-bond donors (Lipinski definition) is 0. The summed E-state index contributed by atoms with van der Waals surface area (Å²) < 4.78 is 16.1. The fourth-order valence-corrected chi connectivity index (χ4v) is 2.83. The van der Waals surface area contributed by atoms with E-state index in [-0.39, 0.29) is 19.2 Å². The number of hydrogen-bond acceptors (Lipinski definition) is 4. The van der Waals surface area contributed by atoms with Crippen molar-refractivity contribution in [2.24, 2.45) is 5.92 Å². The average Bonchev–Trinajstić information content (AvgIpc) is 2.95. The summed E-state index contributed by atoms with van der Waals surface area (Å²) in [5, 5.41) is 0. The lowest BCUT2D eigenvalue weighted by Crippen LogP contribution is -2.17. The van der Waals surface area contributed by atoms with Gasteiger partial charge in [-0.3, -0.25) is 4.79 Å². The van der Waals surface area contributed by atoms with Gasteiger partial charge in [0, 0.05) is 5.56 Å². The van der Waals surface area contributed by atoms with Crippen molar-refractivity contribution in [3.63, 3.8) is 0 Å². The van der Waals surface area contributed by atoms with Crippen molar-refractivity contribution in [3.8, 4) is 11.5 Å². The van der Waals surface area contributed by atoms with Crippen LogP contribution in [0.1, 0.15) is 42.5 Å². The van der Waals surface area contributed by atoms with Crippen molar-refractivity contribution >= 4 is 5.78 Å². The van der Waals surface area contributed by atoms with E-state index in [1.807, 2.05) is 0 Å². The molecule has 1 aromatic rings. The minimum Gasteiger partial charge on any atom is -0.454 e. The van der Waals surface area contributed by atoms with Gasteiger partial charge in [-0.05, 0) is 37.0 Å². The van der Waals surface area contributed by atoms with Crippen LogP contribution in [0.15, 0.2) is 18.2 Å². The molecule has 1 aliphatic heterocycles. The number of Topliss-reactive ketones (excluding diaryl/α,β-unsaturated/α-hetero) is 1. The van der Waals surface area contributed by atoms with E-state index in [1.54, 1.807) is 18.2 Å². The lowest BCUT2D eigenvalue weighted by Gasteiger charge is -2.21. The lowest BCUT2D eigenvalue weighted by atomic mass is 9.90. The predicted octanol–water partition coefficient (Wildman–Crippen LogP) is 3.19. The van der Waals surface area contributed by atoms with E-state index < -0.39 is 0 Å². The van der Waals surface area contributed by atoms with Gasteiger partial charge in [0.25, 0.3) is 0 Å². The Morgan fingerprint density at radius 3 is 2.80 bits per heavy atom. The summed E-state index contributed by atoms with van der Waals surface area (Å²) in [5.41, 5.74) is 0.623. The molecule has 1 fully saturated rings. The highest BCUT2D eigenvalue weighted by molar-refractivity contribution is 5.97. The predicted molar refractivity (Wildman–Crippen MR) is 74.3 cm³/mol. The van der Waals surface area contributed by atoms with Crippen LogP contribution in [0.5, 0.6) is 11.5 Å². The van der Waals surface area contributed by atoms with Crippen molar-refractivity contribution in [1.82, 2.24) is 0 Å². The molecule has 1 heterocycles. The largest absolute Gasteiger partial charge is 0.454 e. The lowest BCUT2D eigenvalue weighted by molar-refractivity contribution is 0.0628. The van der Waals surface area contributed by atoms with Crippen LogP contribution in [0.25, 0.3) is 0 Å². The van der Waals surface area contributed by atoms with Crippen LogP contribution < -0.4 is 9.47 Å². The molecule has 1 aliphatic carbocycles. The molecule has 4 heteroatoms. The third-order valence-corrected chi connectivity index (χ3v) is 4.01. The Kier molecular flexibility index (Phi) is 4.21. The Morgan fingerprint density at radius 2 is 1.95 bits per heavy atom. The van der Waals surface area contributed by atoms with E-state index in [0.29, 0.717) is 29.6 Å². The van der Waals surface area contributed by atoms with Crippen molar-refractivity contribution in [3.05, 3.63) is 23.8 Å². The van der Waals surface area contributed by atoms with E-state index in [1.165, 1.54) is 32.1 Å². The molecule has 108 valence electrons. The molecule has 0 amide bonds. The van der Waals surface area contributed by atoms with E-state index in [0.717, 1.165) is 0 Å². The first-order valence-electron chi connectivity index (χ1n) is 7.33. The van der Waals surface area contributed by atoms with Crippen molar-refractivity contribution in [1.29, 1.82) is 0 Å². The molecule has 20 heavy (non-hydrogen) atoms. The number of benzene rings is 1. The smallest absolute Gasteiger partial charge is 0.231 e. The van der Waals surface area contributed by atoms with Gasteiger partial charge in [0.1, 0.15) is 6.61 Å². The minimum atomic E-state index is -0.000825. The second-order valence-electron chi connectivity index (χ2n) is 5.51. The summed E-state index contributed by atoms with van der Waals surface area (Å²) >= 11 is 0. The molecule has 0 aromatic heterocycles. The third kappa shape index (κ3) is 3.12. The van der Waals surface area contributed by atoms with Crippen LogP contribution in [0.4, 0.5) is 0 Å². The number of rotatable bonds is 5. The fraction of sp³-hybridized carbons (Fsp3) is 0.562. The molecule has 0 radical (unpaired) electrons. The zero-order valence-electron chi connectivity index (χ0n) is 11.6. The zero-order valence-corrected chi connectivity index (χ0v) is 11.6. The minimum absolute atomic E-state index is 0.000825. The molecular weight excluding hydrogens is 256 g/mol. The fourth-order valence-electron chi connectivity index (χ4n) is 2.83. The molecule has 0 spiro atoms. The number of fused-ring (bicyclic) bond motifs is 1. The molecular formula is C16H20O4. The Bertz CT molecular complexity index is 477. The summed E-state index contributed by atoms with van der Waals surface area (Å²) in [7, 11) is 0. The number of ketones is 1. The van der Waals surface area contributed by atoms with Gasteiger partial charge in [-0.25, -0.2) is 0 Å². The van der Waals surface area contributed by atoms with Gasteiger partial charge >= 0.3 is 0 Å². The molecule has 0 unspecified atom stereocenters. The van der Waals surface area contributed by atoms with Gasteiger partial charge < -0.3 is 14.2 Å². The number of carbonyl (C=O) groups excluding carboxylic acids is 1. The molecule has 0 N–H and O–H groups in total. The maximum Gasteiger partial charge on any atom is 0.231 e. The highest BCUT2D eigenvalue weighted by Crippen LogP contribution is 2.32. The Labute approximate surface area is 119 Å². The Hall–Kier alpha value is -1.55. The molecule has 2 aliphatic rings. The van der Waals surface area contributed by atoms with E-state index in [2.05, 4.69) is 0 Å². The van der Waals surface area contributed by atoms with Crippen LogP contribution in [0, 0.1) is 5.92 Å². The summed E-state index contributed by atoms with van der Waals surface area (Å²) in [6.45, 7) is 1.08. The van der Waals surface area contributed by atoms with Gasteiger partial charge in [0.15, 0.2) is 17.3 Å². The first kappa shape index (κ1) is 13.4. The van der Waals surface area contributed by atoms with Crippen molar-refractivity contribution in [2.75, 3.05) is 20.0 Å². The first-order chi connectivity index (χ1) is 9.83. The first-order valence-corrected chi connectivity index (χ1v) is 7.33. The van der Waals surface area contributed by atoms with Crippen LogP contribution >= 0.6 is 0 Å². The van der Waals surface area contributed by atoms with Crippen molar-refractivity contribution < 1.29 is 19.0 Å². The molecule has 1 aromatic carbocycles. The number of ether oxygens (including phenoxy) is 3. The molecule has 3 rings (SSSR count). The van der Waals surface area contributed by atoms with Crippen LogP contribution in [0.3, 0.4) is 0 Å². The zero-order chi connectivity index (χ0) is 13.8. The molecule has 0 atom stereocenters. The number of carbonyl (C=O) groups is 1. The normalized spacial score (nSPS) is 18.2. The van der Waals surface area contributed by atoms with E-state index in [4.69, 9.17) is 14.2 Å². The summed E-state index contributed by atoms with van der Waals surface area (Å²) in [6, 6.07) is 5.27. The van der Waals surface area contributed by atoms with Crippen LogP contribution in [0.2, 0.25) is 0 Å². The van der Waals surface area contributed by atoms with Gasteiger partial charge in [-0.15, -0.1) is 0 Å². The SMILES string of the molecule is O=C(COCC1CCCCC1)c1ccc2c(c1)OCO2. The second-order valence-corrected chi connectivity index (χ2v) is 5.51. The highest BCUT2D eigenvalue weighted by Gasteiger charge is 2.17. The van der Waals surface area contributed by atoms with Gasteiger partial charge in [-0.1, -0.05) is 19.3 Å². The topological polar surface area (TPSA) is 44.8 Å². The monoisotopic (exact) mass is 276 g/mol. The van der Waals surface area contributed by atoms with Crippen LogP contribution in [-0.2, 0) is 4.74 Å². The molecule has 4 nitrogen and oxygen atoms in total. The highest BCUT2D eigenvalue weighted by atomic mass is 16.7. The third-order valence-electron chi connectivity index (χ3n) is 4.01. The molecule has 1 saturated carbocycles. The van der Waals surface area contributed by atoms with E-state index >= 15 is 0 Å². The average molecular weight is 276 g/mol. The quantitative estimate of drug-likeness (QED) is 0.775. The summed E-state index contributed by atoms with van der Waals surface area (Å²) in [5.74, 6) is 1.97. The van der Waals surface area contributed by atoms with Gasteiger partial charge in [0.2, 0.25) is 6.79 Å².